The molecule has 0 radical (unpaired) electrons. The summed E-state index contributed by atoms with van der Waals surface area (Å²) in [6.45, 7) is 3.29. The average Bonchev–Trinajstić information content (AvgIpc) is 2.00. The second-order valence-corrected chi connectivity index (χ2v) is 2.63. The molecule has 1 unspecified atom stereocenters. The van der Waals surface area contributed by atoms with Crippen LogP contribution in [-0.4, -0.2) is 34.0 Å². The maximum atomic E-state index is 10.2. The molecule has 0 aromatic heterocycles. The molecule has 0 spiro atoms. The van der Waals surface area contributed by atoms with E-state index in [2.05, 4.69) is 6.58 Å². The standard InChI is InChI=1S/C8H14O4/c1-6(8(11)12)5-7(10)3-2-4-9/h7,9-10H,1-5H2,(H,11,12). The highest BCUT2D eigenvalue weighted by Gasteiger charge is 2.10. The van der Waals surface area contributed by atoms with Gasteiger partial charge in [0.15, 0.2) is 0 Å². The first kappa shape index (κ1) is 11.1. The molecule has 70 valence electrons. The summed E-state index contributed by atoms with van der Waals surface area (Å²) in [5, 5.41) is 26.0. The second-order valence-electron chi connectivity index (χ2n) is 2.63. The fourth-order valence-electron chi connectivity index (χ4n) is 0.801. The number of aliphatic hydroxyl groups excluding tert-OH is 2. The molecular weight excluding hydrogens is 160 g/mol. The zero-order chi connectivity index (χ0) is 9.56. The first-order valence-electron chi connectivity index (χ1n) is 3.78. The summed E-state index contributed by atoms with van der Waals surface area (Å²) in [7, 11) is 0. The third-order valence-electron chi connectivity index (χ3n) is 1.48. The molecular formula is C8H14O4. The fourth-order valence-corrected chi connectivity index (χ4v) is 0.801. The lowest BCUT2D eigenvalue weighted by Crippen LogP contribution is -2.12. The van der Waals surface area contributed by atoms with Crippen molar-refractivity contribution in [2.24, 2.45) is 0 Å². The normalized spacial score (nSPS) is 12.5. The van der Waals surface area contributed by atoms with Crippen molar-refractivity contribution < 1.29 is 20.1 Å². The Balaban J connectivity index is 3.61. The predicted octanol–water partition coefficient (Wildman–Crippen LogP) is 0.151. The highest BCUT2D eigenvalue weighted by atomic mass is 16.4. The summed E-state index contributed by atoms with van der Waals surface area (Å²) in [6.07, 6.45) is 0.243. The van der Waals surface area contributed by atoms with Crippen LogP contribution in [0.15, 0.2) is 12.2 Å². The van der Waals surface area contributed by atoms with Crippen LogP contribution in [0.25, 0.3) is 0 Å². The summed E-state index contributed by atoms with van der Waals surface area (Å²) in [5.41, 5.74) is 0.000407. The van der Waals surface area contributed by atoms with E-state index in [9.17, 15) is 4.79 Å². The van der Waals surface area contributed by atoms with Gasteiger partial charge >= 0.3 is 5.97 Å². The lowest BCUT2D eigenvalue weighted by molar-refractivity contribution is -0.133. The van der Waals surface area contributed by atoms with E-state index >= 15 is 0 Å². The molecule has 3 N–H and O–H groups in total. The first-order valence-corrected chi connectivity index (χ1v) is 3.78. The van der Waals surface area contributed by atoms with Gasteiger partial charge < -0.3 is 15.3 Å². The molecule has 0 aromatic carbocycles. The Morgan fingerprint density at radius 1 is 1.50 bits per heavy atom. The zero-order valence-electron chi connectivity index (χ0n) is 6.86. The maximum Gasteiger partial charge on any atom is 0.331 e. The smallest absolute Gasteiger partial charge is 0.331 e. The van der Waals surface area contributed by atoms with E-state index in [0.717, 1.165) is 0 Å². The Kier molecular flexibility index (Phi) is 5.32. The van der Waals surface area contributed by atoms with E-state index in [1.807, 2.05) is 0 Å². The third-order valence-corrected chi connectivity index (χ3v) is 1.48. The van der Waals surface area contributed by atoms with E-state index in [-0.39, 0.29) is 18.6 Å². The Labute approximate surface area is 71.1 Å². The van der Waals surface area contributed by atoms with Gasteiger partial charge in [0, 0.05) is 18.6 Å². The SMILES string of the molecule is C=C(CC(O)CCCO)C(=O)O. The molecule has 0 saturated heterocycles. The highest BCUT2D eigenvalue weighted by molar-refractivity contribution is 5.85. The number of aliphatic hydroxyl groups is 2. The molecule has 0 aliphatic heterocycles. The highest BCUT2D eigenvalue weighted by Crippen LogP contribution is 2.07. The Morgan fingerprint density at radius 2 is 2.08 bits per heavy atom. The Hall–Kier alpha value is -0.870. The maximum absolute atomic E-state index is 10.2. The van der Waals surface area contributed by atoms with Crippen molar-refractivity contribution in [3.63, 3.8) is 0 Å². The molecule has 1 atom stereocenters. The number of hydrogen-bond acceptors (Lipinski definition) is 3. The van der Waals surface area contributed by atoms with E-state index in [4.69, 9.17) is 15.3 Å². The topological polar surface area (TPSA) is 77.8 Å². The molecule has 0 aromatic rings. The molecule has 0 heterocycles. The Morgan fingerprint density at radius 3 is 2.50 bits per heavy atom. The molecule has 12 heavy (non-hydrogen) atoms. The minimum Gasteiger partial charge on any atom is -0.478 e. The minimum absolute atomic E-state index is 0.000407. The van der Waals surface area contributed by atoms with Gasteiger partial charge in [0.2, 0.25) is 0 Å². The monoisotopic (exact) mass is 174 g/mol. The summed E-state index contributed by atoms with van der Waals surface area (Å²) >= 11 is 0. The van der Waals surface area contributed by atoms with Crippen LogP contribution < -0.4 is 0 Å². The van der Waals surface area contributed by atoms with E-state index in [1.54, 1.807) is 0 Å². The lowest BCUT2D eigenvalue weighted by atomic mass is 10.1. The number of aliphatic carboxylic acids is 1. The predicted molar refractivity (Wildman–Crippen MR) is 43.7 cm³/mol. The molecule has 0 saturated carbocycles. The molecule has 0 aliphatic carbocycles. The summed E-state index contributed by atoms with van der Waals surface area (Å²) in [5.74, 6) is -1.09. The number of carboxylic acids is 1. The quantitative estimate of drug-likeness (QED) is 0.501. The number of carboxylic acid groups (broad SMARTS) is 1. The van der Waals surface area contributed by atoms with Gasteiger partial charge in [-0.3, -0.25) is 0 Å². The largest absolute Gasteiger partial charge is 0.478 e. The van der Waals surface area contributed by atoms with Crippen LogP contribution in [0.1, 0.15) is 19.3 Å². The van der Waals surface area contributed by atoms with Gasteiger partial charge in [0.1, 0.15) is 0 Å². The van der Waals surface area contributed by atoms with Gasteiger partial charge in [-0.25, -0.2) is 4.79 Å². The van der Waals surface area contributed by atoms with Gasteiger partial charge in [-0.1, -0.05) is 6.58 Å². The van der Waals surface area contributed by atoms with Crippen LogP contribution in [0.3, 0.4) is 0 Å². The summed E-state index contributed by atoms with van der Waals surface area (Å²) < 4.78 is 0. The molecule has 4 nitrogen and oxygen atoms in total. The third kappa shape index (κ3) is 4.87. The molecule has 0 bridgehead atoms. The van der Waals surface area contributed by atoms with Crippen LogP contribution in [0.4, 0.5) is 0 Å². The van der Waals surface area contributed by atoms with Gasteiger partial charge in [-0.15, -0.1) is 0 Å². The van der Waals surface area contributed by atoms with Gasteiger partial charge in [0.25, 0.3) is 0 Å². The average molecular weight is 174 g/mol. The van der Waals surface area contributed by atoms with Crippen molar-refractivity contribution >= 4 is 5.97 Å². The fraction of sp³-hybridized carbons (Fsp3) is 0.625. The second kappa shape index (κ2) is 5.74. The van der Waals surface area contributed by atoms with Crippen LogP contribution >= 0.6 is 0 Å². The number of carbonyl (C=O) groups is 1. The molecule has 0 aliphatic rings. The van der Waals surface area contributed by atoms with E-state index in [0.29, 0.717) is 12.8 Å². The van der Waals surface area contributed by atoms with Gasteiger partial charge in [0.05, 0.1) is 6.10 Å². The van der Waals surface area contributed by atoms with E-state index < -0.39 is 12.1 Å². The van der Waals surface area contributed by atoms with Crippen molar-refractivity contribution in [1.29, 1.82) is 0 Å². The van der Waals surface area contributed by atoms with Crippen LogP contribution in [0, 0.1) is 0 Å². The molecule has 0 rings (SSSR count). The molecule has 0 amide bonds. The Bertz CT molecular complexity index is 164. The first-order chi connectivity index (χ1) is 5.57. The van der Waals surface area contributed by atoms with Crippen molar-refractivity contribution in [2.45, 2.75) is 25.4 Å². The summed E-state index contributed by atoms with van der Waals surface area (Å²) in [6, 6.07) is 0. The molecule has 0 fully saturated rings. The van der Waals surface area contributed by atoms with Crippen molar-refractivity contribution in [1.82, 2.24) is 0 Å². The van der Waals surface area contributed by atoms with Crippen molar-refractivity contribution in [3.8, 4) is 0 Å². The summed E-state index contributed by atoms with van der Waals surface area (Å²) in [4.78, 5) is 10.2. The van der Waals surface area contributed by atoms with Crippen LogP contribution in [-0.2, 0) is 4.79 Å². The van der Waals surface area contributed by atoms with Crippen LogP contribution in [0.5, 0.6) is 0 Å². The lowest BCUT2D eigenvalue weighted by Gasteiger charge is -2.08. The van der Waals surface area contributed by atoms with Crippen molar-refractivity contribution in [3.05, 3.63) is 12.2 Å². The van der Waals surface area contributed by atoms with Crippen LogP contribution in [0.2, 0.25) is 0 Å². The van der Waals surface area contributed by atoms with Gasteiger partial charge in [-0.05, 0) is 12.8 Å². The molecule has 4 heteroatoms. The number of rotatable bonds is 6. The number of hydrogen-bond donors (Lipinski definition) is 3. The van der Waals surface area contributed by atoms with E-state index in [1.165, 1.54) is 0 Å². The van der Waals surface area contributed by atoms with Crippen molar-refractivity contribution in [2.75, 3.05) is 6.61 Å². The minimum atomic E-state index is -1.09. The van der Waals surface area contributed by atoms with Gasteiger partial charge in [-0.2, -0.15) is 0 Å². The zero-order valence-corrected chi connectivity index (χ0v) is 6.86.